The Hall–Kier alpha value is -2.36. The van der Waals surface area contributed by atoms with Crippen molar-refractivity contribution in [1.29, 1.82) is 0 Å². The molecule has 0 spiro atoms. The molecule has 0 bridgehead atoms. The lowest BCUT2D eigenvalue weighted by Gasteiger charge is -2.08. The standard InChI is InChI=1S/C17H18FNO2/c1-13(19-20)6-7-14-8-10-16(11-9-14)21-12-15-4-2-3-5-17(15)18/h2-5,8-11,20H,6-7,12H2,1H3/b19-13+. The van der Waals surface area contributed by atoms with Gasteiger partial charge in [-0.25, -0.2) is 4.39 Å². The quantitative estimate of drug-likeness (QED) is 0.492. The second kappa shape index (κ2) is 7.43. The number of nitrogens with zero attached hydrogens (tertiary/aromatic N) is 1. The molecule has 0 fully saturated rings. The van der Waals surface area contributed by atoms with E-state index in [-0.39, 0.29) is 12.4 Å². The zero-order valence-electron chi connectivity index (χ0n) is 11.9. The highest BCUT2D eigenvalue weighted by atomic mass is 19.1. The summed E-state index contributed by atoms with van der Waals surface area (Å²) in [5.74, 6) is 0.447. The van der Waals surface area contributed by atoms with E-state index in [1.807, 2.05) is 24.3 Å². The summed E-state index contributed by atoms with van der Waals surface area (Å²) in [6.07, 6.45) is 1.52. The normalized spacial score (nSPS) is 11.4. The molecule has 0 saturated heterocycles. The second-order valence-electron chi connectivity index (χ2n) is 4.86. The summed E-state index contributed by atoms with van der Waals surface area (Å²) in [5, 5.41) is 11.7. The Morgan fingerprint density at radius 2 is 1.86 bits per heavy atom. The van der Waals surface area contributed by atoms with Crippen LogP contribution in [0.15, 0.2) is 53.7 Å². The van der Waals surface area contributed by atoms with Gasteiger partial charge < -0.3 is 9.94 Å². The lowest BCUT2D eigenvalue weighted by Crippen LogP contribution is -1.99. The van der Waals surface area contributed by atoms with Gasteiger partial charge >= 0.3 is 0 Å². The van der Waals surface area contributed by atoms with E-state index < -0.39 is 0 Å². The first-order chi connectivity index (χ1) is 10.2. The van der Waals surface area contributed by atoms with Gasteiger partial charge in [0.15, 0.2) is 0 Å². The third kappa shape index (κ3) is 4.60. The molecule has 2 rings (SSSR count). The highest BCUT2D eigenvalue weighted by Crippen LogP contribution is 2.16. The van der Waals surface area contributed by atoms with Crippen LogP contribution in [0.3, 0.4) is 0 Å². The molecule has 21 heavy (non-hydrogen) atoms. The van der Waals surface area contributed by atoms with Gasteiger partial charge in [0.1, 0.15) is 18.2 Å². The lowest BCUT2D eigenvalue weighted by molar-refractivity contribution is 0.300. The molecule has 0 unspecified atom stereocenters. The average molecular weight is 287 g/mol. The Morgan fingerprint density at radius 1 is 1.14 bits per heavy atom. The van der Waals surface area contributed by atoms with E-state index in [4.69, 9.17) is 9.94 Å². The highest BCUT2D eigenvalue weighted by molar-refractivity contribution is 5.81. The summed E-state index contributed by atoms with van der Waals surface area (Å²) in [7, 11) is 0. The van der Waals surface area contributed by atoms with Gasteiger partial charge in [-0.05, 0) is 43.5 Å². The van der Waals surface area contributed by atoms with Crippen molar-refractivity contribution in [2.45, 2.75) is 26.4 Å². The van der Waals surface area contributed by atoms with Gasteiger partial charge in [-0.2, -0.15) is 0 Å². The molecule has 0 amide bonds. The van der Waals surface area contributed by atoms with Crippen LogP contribution in [0.5, 0.6) is 5.75 Å². The Balaban J connectivity index is 1.89. The summed E-state index contributed by atoms with van der Waals surface area (Å²) < 4.78 is 19.0. The summed E-state index contributed by atoms with van der Waals surface area (Å²) in [6, 6.07) is 14.2. The van der Waals surface area contributed by atoms with Crippen LogP contribution < -0.4 is 4.74 Å². The van der Waals surface area contributed by atoms with Crippen LogP contribution in [0.1, 0.15) is 24.5 Å². The van der Waals surface area contributed by atoms with E-state index in [2.05, 4.69) is 5.16 Å². The Kier molecular flexibility index (Phi) is 5.32. The first-order valence-electron chi connectivity index (χ1n) is 6.81. The molecule has 4 heteroatoms. The third-order valence-corrected chi connectivity index (χ3v) is 3.22. The van der Waals surface area contributed by atoms with Gasteiger partial charge in [-0.1, -0.05) is 35.5 Å². The maximum absolute atomic E-state index is 13.5. The van der Waals surface area contributed by atoms with Crippen LogP contribution in [0.2, 0.25) is 0 Å². The molecule has 3 nitrogen and oxygen atoms in total. The number of hydrogen-bond acceptors (Lipinski definition) is 3. The Morgan fingerprint density at radius 3 is 2.52 bits per heavy atom. The van der Waals surface area contributed by atoms with Gasteiger partial charge in [0, 0.05) is 5.56 Å². The van der Waals surface area contributed by atoms with E-state index in [1.54, 1.807) is 25.1 Å². The molecular weight excluding hydrogens is 269 g/mol. The van der Waals surface area contributed by atoms with Crippen LogP contribution in [0, 0.1) is 5.82 Å². The first kappa shape index (κ1) is 15.0. The summed E-state index contributed by atoms with van der Waals surface area (Å²) >= 11 is 0. The van der Waals surface area contributed by atoms with Crippen molar-refractivity contribution in [1.82, 2.24) is 0 Å². The van der Waals surface area contributed by atoms with Gasteiger partial charge in [-0.3, -0.25) is 0 Å². The van der Waals surface area contributed by atoms with Gasteiger partial charge in [-0.15, -0.1) is 0 Å². The average Bonchev–Trinajstić information content (AvgIpc) is 2.53. The highest BCUT2D eigenvalue weighted by Gasteiger charge is 2.02. The van der Waals surface area contributed by atoms with E-state index in [9.17, 15) is 4.39 Å². The molecule has 0 atom stereocenters. The predicted molar refractivity (Wildman–Crippen MR) is 80.4 cm³/mol. The van der Waals surface area contributed by atoms with E-state index in [0.29, 0.717) is 23.4 Å². The topological polar surface area (TPSA) is 41.8 Å². The van der Waals surface area contributed by atoms with Crippen molar-refractivity contribution < 1.29 is 14.3 Å². The van der Waals surface area contributed by atoms with Gasteiger partial charge in [0.25, 0.3) is 0 Å². The van der Waals surface area contributed by atoms with Crippen LogP contribution in [0.25, 0.3) is 0 Å². The monoisotopic (exact) mass is 287 g/mol. The molecule has 2 aromatic rings. The number of rotatable bonds is 6. The van der Waals surface area contributed by atoms with Crippen molar-refractivity contribution in [2.24, 2.45) is 5.16 Å². The number of aryl methyl sites for hydroxylation is 1. The molecule has 0 heterocycles. The van der Waals surface area contributed by atoms with Crippen molar-refractivity contribution in [3.8, 4) is 5.75 Å². The number of hydrogen-bond donors (Lipinski definition) is 1. The van der Waals surface area contributed by atoms with E-state index >= 15 is 0 Å². The summed E-state index contributed by atoms with van der Waals surface area (Å²) in [5.41, 5.74) is 2.38. The number of oxime groups is 1. The molecule has 110 valence electrons. The fraction of sp³-hybridized carbons (Fsp3) is 0.235. The van der Waals surface area contributed by atoms with Crippen LogP contribution in [-0.2, 0) is 13.0 Å². The zero-order valence-corrected chi connectivity index (χ0v) is 11.9. The molecule has 2 aromatic carbocycles. The van der Waals surface area contributed by atoms with Crippen molar-refractivity contribution >= 4 is 5.71 Å². The van der Waals surface area contributed by atoms with Crippen LogP contribution in [0.4, 0.5) is 4.39 Å². The fourth-order valence-corrected chi connectivity index (χ4v) is 1.90. The molecule has 0 saturated carbocycles. The van der Waals surface area contributed by atoms with Crippen molar-refractivity contribution in [3.05, 3.63) is 65.5 Å². The number of halogens is 1. The minimum absolute atomic E-state index is 0.211. The lowest BCUT2D eigenvalue weighted by atomic mass is 10.1. The van der Waals surface area contributed by atoms with Gasteiger partial charge in [0.05, 0.1) is 5.71 Å². The first-order valence-corrected chi connectivity index (χ1v) is 6.81. The SMILES string of the molecule is C/C(CCc1ccc(OCc2ccccc2F)cc1)=N\O. The Bertz CT molecular complexity index is 608. The molecule has 0 aromatic heterocycles. The smallest absolute Gasteiger partial charge is 0.129 e. The number of benzene rings is 2. The predicted octanol–water partition coefficient (Wildman–Crippen LogP) is 4.19. The Labute approximate surface area is 123 Å². The minimum atomic E-state index is -0.257. The molecule has 1 N–H and O–H groups in total. The molecule has 0 aliphatic carbocycles. The zero-order chi connectivity index (χ0) is 15.1. The minimum Gasteiger partial charge on any atom is -0.489 e. The molecule has 0 aliphatic rings. The van der Waals surface area contributed by atoms with E-state index in [1.165, 1.54) is 6.07 Å². The van der Waals surface area contributed by atoms with Crippen molar-refractivity contribution in [3.63, 3.8) is 0 Å². The maximum Gasteiger partial charge on any atom is 0.129 e. The number of ether oxygens (including phenoxy) is 1. The van der Waals surface area contributed by atoms with Crippen LogP contribution in [-0.4, -0.2) is 10.9 Å². The van der Waals surface area contributed by atoms with Crippen LogP contribution >= 0.6 is 0 Å². The largest absolute Gasteiger partial charge is 0.489 e. The maximum atomic E-state index is 13.5. The van der Waals surface area contributed by atoms with Crippen molar-refractivity contribution in [2.75, 3.05) is 0 Å². The summed E-state index contributed by atoms with van der Waals surface area (Å²) in [6.45, 7) is 1.99. The molecular formula is C17H18FNO2. The van der Waals surface area contributed by atoms with Gasteiger partial charge in [0.2, 0.25) is 0 Å². The second-order valence-corrected chi connectivity index (χ2v) is 4.86. The molecule has 0 radical (unpaired) electrons. The molecule has 0 aliphatic heterocycles. The van der Waals surface area contributed by atoms with E-state index in [0.717, 1.165) is 12.0 Å². The fourth-order valence-electron chi connectivity index (χ4n) is 1.90. The third-order valence-electron chi connectivity index (χ3n) is 3.22. The summed E-state index contributed by atoms with van der Waals surface area (Å²) in [4.78, 5) is 0.